The van der Waals surface area contributed by atoms with Crippen molar-refractivity contribution in [3.63, 3.8) is 0 Å². The number of rotatable bonds is 5. The van der Waals surface area contributed by atoms with Gasteiger partial charge in [0.05, 0.1) is 18.7 Å². The zero-order valence-electron chi connectivity index (χ0n) is 12.7. The Kier molecular flexibility index (Phi) is 4.59. The molecule has 1 aliphatic rings. The van der Waals surface area contributed by atoms with Crippen LogP contribution >= 0.6 is 11.3 Å². The van der Waals surface area contributed by atoms with E-state index in [1.165, 1.54) is 5.69 Å². The van der Waals surface area contributed by atoms with Gasteiger partial charge in [0.25, 0.3) is 0 Å². The number of fused-ring (bicyclic) bond motifs is 1. The number of aromatic nitrogens is 2. The molecule has 0 radical (unpaired) electrons. The third-order valence-corrected chi connectivity index (χ3v) is 5.00. The first kappa shape index (κ1) is 15.2. The molecule has 6 heteroatoms. The van der Waals surface area contributed by atoms with Crippen molar-refractivity contribution in [3.8, 4) is 0 Å². The molecule has 118 valence electrons. The van der Waals surface area contributed by atoms with Crippen molar-refractivity contribution < 1.29 is 9.90 Å². The van der Waals surface area contributed by atoms with Gasteiger partial charge in [0.2, 0.25) is 5.91 Å². The molecule has 2 heterocycles. The largest absolute Gasteiger partial charge is 0.395 e. The summed E-state index contributed by atoms with van der Waals surface area (Å²) in [7, 11) is 0. The first-order valence-corrected chi connectivity index (χ1v) is 8.53. The number of amides is 1. The molecule has 0 bridgehead atoms. The van der Waals surface area contributed by atoms with Gasteiger partial charge in [-0.3, -0.25) is 4.79 Å². The molecule has 0 aliphatic heterocycles. The van der Waals surface area contributed by atoms with Gasteiger partial charge in [0, 0.05) is 29.6 Å². The number of aryl methyl sites for hydroxylation is 1. The molecule has 2 aromatic rings. The highest BCUT2D eigenvalue weighted by Gasteiger charge is 2.25. The lowest BCUT2D eigenvalue weighted by molar-refractivity contribution is -0.121. The van der Waals surface area contributed by atoms with Gasteiger partial charge in [-0.2, -0.15) is 0 Å². The van der Waals surface area contributed by atoms with Crippen LogP contribution in [0.3, 0.4) is 0 Å². The molecule has 0 saturated carbocycles. The van der Waals surface area contributed by atoms with E-state index in [2.05, 4.69) is 14.9 Å². The molecule has 1 amide bonds. The van der Waals surface area contributed by atoms with E-state index in [0.717, 1.165) is 35.7 Å². The number of hydrogen-bond donors (Lipinski definition) is 2. The van der Waals surface area contributed by atoms with Crippen LogP contribution in [-0.4, -0.2) is 33.2 Å². The molecular weight excluding hydrogens is 298 g/mol. The van der Waals surface area contributed by atoms with Crippen LogP contribution in [-0.2, 0) is 30.6 Å². The number of imidazole rings is 1. The summed E-state index contributed by atoms with van der Waals surface area (Å²) in [5, 5.41) is 14.3. The number of carbonyl (C=O) groups is 1. The van der Waals surface area contributed by atoms with Crippen molar-refractivity contribution in [3.05, 3.63) is 39.6 Å². The fourth-order valence-electron chi connectivity index (χ4n) is 3.13. The minimum Gasteiger partial charge on any atom is -0.395 e. The lowest BCUT2D eigenvalue weighted by atomic mass is 9.95. The molecule has 2 aromatic heterocycles. The Hall–Kier alpha value is -1.66. The lowest BCUT2D eigenvalue weighted by Gasteiger charge is -2.23. The normalized spacial score (nSPS) is 17.3. The summed E-state index contributed by atoms with van der Waals surface area (Å²) in [6.07, 6.45) is 3.07. The fraction of sp³-hybridized carbons (Fsp3) is 0.500. The van der Waals surface area contributed by atoms with Crippen LogP contribution in [0.5, 0.6) is 0 Å². The Labute approximate surface area is 134 Å². The summed E-state index contributed by atoms with van der Waals surface area (Å²) in [5.41, 5.74) is 2.29. The average molecular weight is 319 g/mol. The SMILES string of the molecule is Cc1nc2c(n1CCO)CCC(NC(=O)Cc1cccs1)C2. The van der Waals surface area contributed by atoms with Gasteiger partial charge in [0.1, 0.15) is 5.82 Å². The molecule has 0 spiro atoms. The van der Waals surface area contributed by atoms with Crippen molar-refractivity contribution in [1.29, 1.82) is 0 Å². The Morgan fingerprint density at radius 1 is 1.59 bits per heavy atom. The third kappa shape index (κ3) is 3.23. The second kappa shape index (κ2) is 6.62. The maximum Gasteiger partial charge on any atom is 0.225 e. The number of hydrogen-bond acceptors (Lipinski definition) is 4. The molecule has 22 heavy (non-hydrogen) atoms. The number of nitrogens with one attached hydrogen (secondary N) is 1. The molecule has 0 saturated heterocycles. The van der Waals surface area contributed by atoms with E-state index in [9.17, 15) is 4.79 Å². The van der Waals surface area contributed by atoms with Crippen LogP contribution in [0.15, 0.2) is 17.5 Å². The predicted octanol–water partition coefficient (Wildman–Crippen LogP) is 1.46. The second-order valence-corrected chi connectivity index (χ2v) is 6.72. The quantitative estimate of drug-likeness (QED) is 0.877. The van der Waals surface area contributed by atoms with Crippen LogP contribution in [0.2, 0.25) is 0 Å². The van der Waals surface area contributed by atoms with Crippen LogP contribution in [0.4, 0.5) is 0 Å². The van der Waals surface area contributed by atoms with Gasteiger partial charge in [-0.05, 0) is 31.2 Å². The van der Waals surface area contributed by atoms with E-state index in [4.69, 9.17) is 5.11 Å². The molecular formula is C16H21N3O2S. The maximum atomic E-state index is 12.1. The summed E-state index contributed by atoms with van der Waals surface area (Å²) in [6, 6.07) is 4.12. The fourth-order valence-corrected chi connectivity index (χ4v) is 3.83. The molecule has 2 N–H and O–H groups in total. The maximum absolute atomic E-state index is 12.1. The number of nitrogens with zero attached hydrogens (tertiary/aromatic N) is 2. The lowest BCUT2D eigenvalue weighted by Crippen LogP contribution is -2.39. The zero-order chi connectivity index (χ0) is 15.5. The highest BCUT2D eigenvalue weighted by Crippen LogP contribution is 2.22. The van der Waals surface area contributed by atoms with Crippen LogP contribution in [0, 0.1) is 6.92 Å². The number of thiophene rings is 1. The van der Waals surface area contributed by atoms with E-state index >= 15 is 0 Å². The molecule has 3 rings (SSSR count). The van der Waals surface area contributed by atoms with Crippen molar-refractivity contribution in [2.45, 2.75) is 45.2 Å². The van der Waals surface area contributed by atoms with E-state index < -0.39 is 0 Å². The monoisotopic (exact) mass is 319 g/mol. The average Bonchev–Trinajstić information content (AvgIpc) is 3.08. The molecule has 5 nitrogen and oxygen atoms in total. The zero-order valence-corrected chi connectivity index (χ0v) is 13.5. The summed E-state index contributed by atoms with van der Waals surface area (Å²) >= 11 is 1.61. The molecule has 0 aromatic carbocycles. The van der Waals surface area contributed by atoms with Crippen molar-refractivity contribution in [1.82, 2.24) is 14.9 Å². The summed E-state index contributed by atoms with van der Waals surface area (Å²) in [4.78, 5) is 17.8. The Balaban J connectivity index is 1.62. The minimum absolute atomic E-state index is 0.0856. The van der Waals surface area contributed by atoms with E-state index in [1.807, 2.05) is 24.4 Å². The first-order valence-electron chi connectivity index (χ1n) is 7.65. The van der Waals surface area contributed by atoms with Gasteiger partial charge in [0.15, 0.2) is 0 Å². The molecule has 1 atom stereocenters. The summed E-state index contributed by atoms with van der Waals surface area (Å²) < 4.78 is 2.10. The topological polar surface area (TPSA) is 67.2 Å². The third-order valence-electron chi connectivity index (χ3n) is 4.12. The molecule has 1 aliphatic carbocycles. The van der Waals surface area contributed by atoms with E-state index in [1.54, 1.807) is 11.3 Å². The predicted molar refractivity (Wildman–Crippen MR) is 86.0 cm³/mol. The van der Waals surface area contributed by atoms with Crippen molar-refractivity contribution in [2.75, 3.05) is 6.61 Å². The second-order valence-electron chi connectivity index (χ2n) is 5.69. The van der Waals surface area contributed by atoms with Crippen LogP contribution in [0.1, 0.15) is 28.5 Å². The summed E-state index contributed by atoms with van der Waals surface area (Å²) in [6.45, 7) is 2.70. The van der Waals surface area contributed by atoms with Gasteiger partial charge in [-0.15, -0.1) is 11.3 Å². The number of aliphatic hydroxyl groups excluding tert-OH is 1. The smallest absolute Gasteiger partial charge is 0.225 e. The Morgan fingerprint density at radius 2 is 2.45 bits per heavy atom. The summed E-state index contributed by atoms with van der Waals surface area (Å²) in [5.74, 6) is 1.03. The van der Waals surface area contributed by atoms with E-state index in [-0.39, 0.29) is 18.6 Å². The van der Waals surface area contributed by atoms with Crippen molar-refractivity contribution in [2.24, 2.45) is 0 Å². The Bertz CT molecular complexity index is 649. The molecule has 1 unspecified atom stereocenters. The highest BCUT2D eigenvalue weighted by molar-refractivity contribution is 7.10. The Morgan fingerprint density at radius 3 is 3.18 bits per heavy atom. The molecule has 0 fully saturated rings. The minimum atomic E-state index is 0.0856. The number of aliphatic hydroxyl groups is 1. The van der Waals surface area contributed by atoms with Gasteiger partial charge < -0.3 is 15.0 Å². The van der Waals surface area contributed by atoms with Gasteiger partial charge in [-0.25, -0.2) is 4.98 Å². The van der Waals surface area contributed by atoms with Crippen LogP contribution < -0.4 is 5.32 Å². The highest BCUT2D eigenvalue weighted by atomic mass is 32.1. The van der Waals surface area contributed by atoms with Gasteiger partial charge in [-0.1, -0.05) is 6.07 Å². The van der Waals surface area contributed by atoms with Crippen molar-refractivity contribution >= 4 is 17.2 Å². The first-order chi connectivity index (χ1) is 10.7. The van der Waals surface area contributed by atoms with Gasteiger partial charge >= 0.3 is 0 Å². The number of carbonyl (C=O) groups excluding carboxylic acids is 1. The standard InChI is InChI=1S/C16H21N3O2S/c1-11-17-14-9-12(4-5-15(14)19(11)6-7-20)18-16(21)10-13-3-2-8-22-13/h2-3,8,12,20H,4-7,9-10H2,1H3,(H,18,21). The van der Waals surface area contributed by atoms with E-state index in [0.29, 0.717) is 13.0 Å². The van der Waals surface area contributed by atoms with Crippen LogP contribution in [0.25, 0.3) is 0 Å².